The Bertz CT molecular complexity index is 636. The number of amides is 2. The van der Waals surface area contributed by atoms with Gasteiger partial charge in [-0.1, -0.05) is 26.0 Å². The summed E-state index contributed by atoms with van der Waals surface area (Å²) in [4.78, 5) is 28.9. The molecule has 5 heteroatoms. The molecule has 0 bridgehead atoms. The number of carbonyl (C=O) groups excluding carboxylic acids is 2. The van der Waals surface area contributed by atoms with Crippen molar-refractivity contribution in [1.29, 1.82) is 0 Å². The first-order valence-corrected chi connectivity index (χ1v) is 9.28. The molecule has 0 radical (unpaired) electrons. The van der Waals surface area contributed by atoms with Crippen molar-refractivity contribution in [3.8, 4) is 5.75 Å². The lowest BCUT2D eigenvalue weighted by atomic mass is 9.91. The summed E-state index contributed by atoms with van der Waals surface area (Å²) in [5, 5.41) is 0. The summed E-state index contributed by atoms with van der Waals surface area (Å²) in [6.45, 7) is 8.49. The first kappa shape index (κ1) is 17.8. The first-order chi connectivity index (χ1) is 11.9. The van der Waals surface area contributed by atoms with Crippen LogP contribution in [0.3, 0.4) is 0 Å². The Kier molecular flexibility index (Phi) is 5.30. The van der Waals surface area contributed by atoms with E-state index in [4.69, 9.17) is 4.74 Å². The fourth-order valence-corrected chi connectivity index (χ4v) is 4.00. The molecule has 0 N–H and O–H groups in total. The summed E-state index contributed by atoms with van der Waals surface area (Å²) in [6.07, 6.45) is 1.66. The lowest BCUT2D eigenvalue weighted by molar-refractivity contribution is -0.135. The summed E-state index contributed by atoms with van der Waals surface area (Å²) in [5.74, 6) is 1.90. The van der Waals surface area contributed by atoms with Gasteiger partial charge in [0.2, 0.25) is 11.8 Å². The van der Waals surface area contributed by atoms with Crippen LogP contribution in [0.25, 0.3) is 0 Å². The van der Waals surface area contributed by atoms with Crippen molar-refractivity contribution < 1.29 is 14.3 Å². The largest absolute Gasteiger partial charge is 0.487 e. The fraction of sp³-hybridized carbons (Fsp3) is 0.600. The molecule has 2 heterocycles. The summed E-state index contributed by atoms with van der Waals surface area (Å²) < 4.78 is 5.79. The zero-order valence-electron chi connectivity index (χ0n) is 15.4. The Morgan fingerprint density at radius 3 is 2.36 bits per heavy atom. The molecular formula is C20H28N2O3. The molecule has 1 aromatic carbocycles. The predicted octanol–water partition coefficient (Wildman–Crippen LogP) is 3.09. The van der Waals surface area contributed by atoms with Gasteiger partial charge in [-0.2, -0.15) is 0 Å². The quantitative estimate of drug-likeness (QED) is 0.847. The normalized spacial score (nSPS) is 26.0. The number of para-hydroxylation sites is 2. The van der Waals surface area contributed by atoms with Crippen LogP contribution in [0.5, 0.6) is 5.75 Å². The van der Waals surface area contributed by atoms with E-state index in [0.29, 0.717) is 18.4 Å². The Morgan fingerprint density at radius 1 is 1.00 bits per heavy atom. The molecule has 0 saturated carbocycles. The molecule has 25 heavy (non-hydrogen) atoms. The van der Waals surface area contributed by atoms with E-state index < -0.39 is 0 Å². The molecule has 0 unspecified atom stereocenters. The molecule has 2 amide bonds. The number of carbonyl (C=O) groups is 2. The number of fused-ring (bicyclic) bond motifs is 1. The molecule has 0 aliphatic carbocycles. The van der Waals surface area contributed by atoms with Crippen molar-refractivity contribution in [2.75, 3.05) is 24.5 Å². The van der Waals surface area contributed by atoms with Gasteiger partial charge in [-0.3, -0.25) is 9.59 Å². The number of rotatable bonds is 3. The highest BCUT2D eigenvalue weighted by Crippen LogP contribution is 2.33. The molecule has 0 spiro atoms. The number of likely N-dealkylation sites (tertiary alicyclic amines) is 1. The number of ether oxygens (including phenoxy) is 1. The van der Waals surface area contributed by atoms with Crippen LogP contribution < -0.4 is 9.64 Å². The maximum Gasteiger partial charge on any atom is 0.227 e. The Morgan fingerprint density at radius 2 is 1.64 bits per heavy atom. The van der Waals surface area contributed by atoms with Crippen LogP contribution in [0.2, 0.25) is 0 Å². The van der Waals surface area contributed by atoms with E-state index in [1.54, 1.807) is 4.90 Å². The van der Waals surface area contributed by atoms with Gasteiger partial charge in [0, 0.05) is 25.9 Å². The summed E-state index contributed by atoms with van der Waals surface area (Å²) >= 11 is 0. The monoisotopic (exact) mass is 344 g/mol. The van der Waals surface area contributed by atoms with Crippen molar-refractivity contribution in [2.24, 2.45) is 11.8 Å². The summed E-state index contributed by atoms with van der Waals surface area (Å²) in [6, 6.07) is 7.59. The summed E-state index contributed by atoms with van der Waals surface area (Å²) in [5.41, 5.74) is 0.804. The van der Waals surface area contributed by atoms with E-state index in [2.05, 4.69) is 13.8 Å². The van der Waals surface area contributed by atoms with Crippen LogP contribution in [-0.2, 0) is 9.59 Å². The molecule has 0 aromatic heterocycles. The number of piperidine rings is 1. The highest BCUT2D eigenvalue weighted by molar-refractivity contribution is 5.97. The van der Waals surface area contributed by atoms with Crippen LogP contribution >= 0.6 is 0 Å². The van der Waals surface area contributed by atoms with Crippen LogP contribution in [0.1, 0.15) is 40.0 Å². The van der Waals surface area contributed by atoms with Gasteiger partial charge in [-0.15, -0.1) is 0 Å². The van der Waals surface area contributed by atoms with Gasteiger partial charge >= 0.3 is 0 Å². The van der Waals surface area contributed by atoms with E-state index in [-0.39, 0.29) is 30.8 Å². The van der Waals surface area contributed by atoms with E-state index >= 15 is 0 Å². The Balaban J connectivity index is 1.60. The van der Waals surface area contributed by atoms with Crippen molar-refractivity contribution >= 4 is 17.5 Å². The van der Waals surface area contributed by atoms with Gasteiger partial charge in [0.25, 0.3) is 0 Å². The fourth-order valence-electron chi connectivity index (χ4n) is 4.00. The number of nitrogens with zero attached hydrogens (tertiary/aromatic N) is 2. The molecule has 3 atom stereocenters. The minimum Gasteiger partial charge on any atom is -0.487 e. The molecule has 1 fully saturated rings. The van der Waals surface area contributed by atoms with Crippen molar-refractivity contribution in [1.82, 2.24) is 4.90 Å². The van der Waals surface area contributed by atoms with Gasteiger partial charge in [0.1, 0.15) is 11.9 Å². The second-order valence-electron chi connectivity index (χ2n) is 7.65. The van der Waals surface area contributed by atoms with Gasteiger partial charge < -0.3 is 14.5 Å². The molecule has 2 aliphatic heterocycles. The highest BCUT2D eigenvalue weighted by atomic mass is 16.5. The third-order valence-electron chi connectivity index (χ3n) is 5.00. The minimum absolute atomic E-state index is 0.00550. The van der Waals surface area contributed by atoms with Crippen LogP contribution in [0.4, 0.5) is 5.69 Å². The van der Waals surface area contributed by atoms with Crippen LogP contribution in [-0.4, -0.2) is 42.5 Å². The van der Waals surface area contributed by atoms with Crippen molar-refractivity contribution in [2.45, 2.75) is 46.1 Å². The van der Waals surface area contributed by atoms with E-state index in [1.807, 2.05) is 36.1 Å². The zero-order valence-corrected chi connectivity index (χ0v) is 15.4. The predicted molar refractivity (Wildman–Crippen MR) is 97.6 cm³/mol. The average molecular weight is 344 g/mol. The molecule has 136 valence electrons. The van der Waals surface area contributed by atoms with E-state index in [1.165, 1.54) is 6.42 Å². The standard InChI is InChI=1S/C20H28N2O3/c1-14-10-15(2)12-21(11-14)19(23)8-9-20(24)22-13-16(3)25-18-7-5-4-6-17(18)22/h4-7,14-16H,8-13H2,1-3H3/t14-,15+,16-/m1/s1. The first-order valence-electron chi connectivity index (χ1n) is 9.28. The molecule has 2 aliphatic rings. The average Bonchev–Trinajstić information content (AvgIpc) is 2.57. The Labute approximate surface area is 149 Å². The summed E-state index contributed by atoms with van der Waals surface area (Å²) in [7, 11) is 0. The molecule has 1 saturated heterocycles. The third kappa shape index (κ3) is 4.14. The molecular weight excluding hydrogens is 316 g/mol. The highest BCUT2D eigenvalue weighted by Gasteiger charge is 2.29. The lowest BCUT2D eigenvalue weighted by Crippen LogP contribution is -2.44. The third-order valence-corrected chi connectivity index (χ3v) is 5.00. The minimum atomic E-state index is -0.0432. The molecule has 1 aromatic rings. The number of hydrogen-bond acceptors (Lipinski definition) is 3. The molecule has 3 rings (SSSR count). The Hall–Kier alpha value is -2.04. The number of hydrogen-bond donors (Lipinski definition) is 0. The van der Waals surface area contributed by atoms with Crippen molar-refractivity contribution in [3.05, 3.63) is 24.3 Å². The van der Waals surface area contributed by atoms with E-state index in [0.717, 1.165) is 24.5 Å². The smallest absolute Gasteiger partial charge is 0.227 e. The second-order valence-corrected chi connectivity index (χ2v) is 7.65. The van der Waals surface area contributed by atoms with Gasteiger partial charge in [-0.05, 0) is 37.3 Å². The van der Waals surface area contributed by atoms with Gasteiger partial charge in [0.05, 0.1) is 12.2 Å². The topological polar surface area (TPSA) is 49.9 Å². The lowest BCUT2D eigenvalue weighted by Gasteiger charge is -2.35. The molecule has 5 nitrogen and oxygen atoms in total. The number of anilines is 1. The van der Waals surface area contributed by atoms with Gasteiger partial charge in [-0.25, -0.2) is 0 Å². The number of benzene rings is 1. The van der Waals surface area contributed by atoms with Crippen molar-refractivity contribution in [3.63, 3.8) is 0 Å². The van der Waals surface area contributed by atoms with E-state index in [9.17, 15) is 9.59 Å². The van der Waals surface area contributed by atoms with Crippen LogP contribution in [0, 0.1) is 11.8 Å². The SMILES string of the molecule is C[C@@H]1C[C@H](C)CN(C(=O)CCC(=O)N2C[C@@H](C)Oc3ccccc32)C1. The van der Waals surface area contributed by atoms with Crippen LogP contribution in [0.15, 0.2) is 24.3 Å². The second kappa shape index (κ2) is 7.46. The zero-order chi connectivity index (χ0) is 18.0. The van der Waals surface area contributed by atoms with Gasteiger partial charge in [0.15, 0.2) is 0 Å². The maximum absolute atomic E-state index is 12.7. The maximum atomic E-state index is 12.7.